The van der Waals surface area contributed by atoms with E-state index >= 15 is 0 Å². The number of halogens is 2. The number of carbonyl (C=O) groups excluding carboxylic acids is 1. The molecule has 0 saturated carbocycles. The molecular weight excluding hydrogens is 314 g/mol. The number of ketones is 1. The number of nitrogens with zero attached hydrogens (tertiary/aromatic N) is 1. The highest BCUT2D eigenvalue weighted by Crippen LogP contribution is 2.35. The fourth-order valence-electron chi connectivity index (χ4n) is 2.24. The maximum Gasteiger partial charge on any atom is 0.211 e. The van der Waals surface area contributed by atoms with E-state index in [1.807, 2.05) is 18.2 Å². The first-order valence-corrected chi connectivity index (χ1v) is 6.88. The molecule has 0 saturated heterocycles. The Morgan fingerprint density at radius 2 is 2.17 bits per heavy atom. The van der Waals surface area contributed by atoms with Gasteiger partial charge in [-0.05, 0) is 41.8 Å². The van der Waals surface area contributed by atoms with E-state index in [1.165, 1.54) is 0 Å². The predicted molar refractivity (Wildman–Crippen MR) is 74.5 cm³/mol. The number of fused-ring (bicyclic) bond motifs is 2. The van der Waals surface area contributed by atoms with Crippen LogP contribution in [0.25, 0.3) is 0 Å². The first kappa shape index (κ1) is 11.9. The molecule has 0 bridgehead atoms. The Morgan fingerprint density at radius 3 is 3.00 bits per heavy atom. The maximum atomic E-state index is 12.5. The van der Waals surface area contributed by atoms with Gasteiger partial charge in [-0.3, -0.25) is 9.78 Å². The average Bonchev–Trinajstić information content (AvgIpc) is 2.47. The molecule has 0 N–H and O–H groups in total. The standard InChI is InChI=1S/C14H9BrClNO/c15-12-7-8-6-9(16)3-4-10(8)14(18)13-11(12)2-1-5-17-13/h1-6,12H,7H2. The highest BCUT2D eigenvalue weighted by Gasteiger charge is 2.26. The van der Waals surface area contributed by atoms with E-state index in [1.54, 1.807) is 18.3 Å². The van der Waals surface area contributed by atoms with Crippen LogP contribution in [0.4, 0.5) is 0 Å². The van der Waals surface area contributed by atoms with Crippen molar-refractivity contribution in [2.45, 2.75) is 11.2 Å². The van der Waals surface area contributed by atoms with E-state index in [9.17, 15) is 4.79 Å². The van der Waals surface area contributed by atoms with E-state index in [0.29, 0.717) is 16.3 Å². The van der Waals surface area contributed by atoms with Gasteiger partial charge in [0.15, 0.2) is 0 Å². The van der Waals surface area contributed by atoms with Gasteiger partial charge in [-0.1, -0.05) is 33.6 Å². The van der Waals surface area contributed by atoms with Crippen LogP contribution in [0, 0.1) is 0 Å². The number of carbonyl (C=O) groups is 1. The third-order valence-corrected chi connectivity index (χ3v) is 4.15. The zero-order chi connectivity index (χ0) is 12.7. The summed E-state index contributed by atoms with van der Waals surface area (Å²) in [6, 6.07) is 9.17. The lowest BCUT2D eigenvalue weighted by Gasteiger charge is -2.08. The highest BCUT2D eigenvalue weighted by molar-refractivity contribution is 9.09. The van der Waals surface area contributed by atoms with Gasteiger partial charge in [-0.2, -0.15) is 0 Å². The number of hydrogen-bond donors (Lipinski definition) is 0. The van der Waals surface area contributed by atoms with Crippen LogP contribution in [0.3, 0.4) is 0 Å². The maximum absolute atomic E-state index is 12.5. The third kappa shape index (κ3) is 1.88. The summed E-state index contributed by atoms with van der Waals surface area (Å²) in [4.78, 5) is 16.8. The van der Waals surface area contributed by atoms with Crippen LogP contribution in [0.5, 0.6) is 0 Å². The Balaban J connectivity index is 2.25. The minimum atomic E-state index is -0.0285. The van der Waals surface area contributed by atoms with E-state index < -0.39 is 0 Å². The molecule has 90 valence electrons. The molecule has 2 nitrogen and oxygen atoms in total. The topological polar surface area (TPSA) is 30.0 Å². The Kier molecular flexibility index (Phi) is 2.96. The second-order valence-corrected chi connectivity index (χ2v) is 5.79. The molecule has 0 aliphatic heterocycles. The Morgan fingerprint density at radius 1 is 1.33 bits per heavy atom. The van der Waals surface area contributed by atoms with Crippen molar-refractivity contribution >= 4 is 33.3 Å². The van der Waals surface area contributed by atoms with Gasteiger partial charge in [0.25, 0.3) is 0 Å². The van der Waals surface area contributed by atoms with Gasteiger partial charge in [-0.25, -0.2) is 0 Å². The summed E-state index contributed by atoms with van der Waals surface area (Å²) in [5, 5.41) is 0.653. The Bertz CT molecular complexity index is 641. The predicted octanol–water partition coefficient (Wildman–Crippen LogP) is 3.96. The second kappa shape index (κ2) is 4.48. The number of benzene rings is 1. The molecule has 1 atom stereocenters. The van der Waals surface area contributed by atoms with Gasteiger partial charge >= 0.3 is 0 Å². The number of alkyl halides is 1. The molecule has 0 spiro atoms. The van der Waals surface area contributed by atoms with Crippen LogP contribution in [0.2, 0.25) is 5.02 Å². The number of pyridine rings is 1. The largest absolute Gasteiger partial charge is 0.287 e. The molecule has 0 radical (unpaired) electrons. The summed E-state index contributed by atoms with van der Waals surface area (Å²) in [5.41, 5.74) is 3.13. The lowest BCUT2D eigenvalue weighted by molar-refractivity contribution is 0.103. The molecule has 4 heteroatoms. The molecule has 1 heterocycles. The quantitative estimate of drug-likeness (QED) is 0.687. The molecule has 1 aromatic heterocycles. The van der Waals surface area contributed by atoms with Crippen LogP contribution in [0.15, 0.2) is 36.5 Å². The van der Waals surface area contributed by atoms with E-state index in [4.69, 9.17) is 11.6 Å². The Labute approximate surface area is 118 Å². The van der Waals surface area contributed by atoms with Crippen molar-refractivity contribution in [3.63, 3.8) is 0 Å². The van der Waals surface area contributed by atoms with Crippen molar-refractivity contribution in [1.82, 2.24) is 4.98 Å². The van der Waals surface area contributed by atoms with Crippen molar-refractivity contribution in [3.8, 4) is 0 Å². The van der Waals surface area contributed by atoms with E-state index in [2.05, 4.69) is 20.9 Å². The molecule has 1 unspecified atom stereocenters. The zero-order valence-electron chi connectivity index (χ0n) is 9.36. The monoisotopic (exact) mass is 321 g/mol. The second-order valence-electron chi connectivity index (χ2n) is 4.24. The summed E-state index contributed by atoms with van der Waals surface area (Å²) in [6.45, 7) is 0. The SMILES string of the molecule is O=C1c2ccc(Cl)cc2CC(Br)c2cccnc21. The first-order valence-electron chi connectivity index (χ1n) is 5.59. The smallest absolute Gasteiger partial charge is 0.211 e. The molecule has 3 rings (SSSR count). The number of aromatic nitrogens is 1. The van der Waals surface area contributed by atoms with Crippen molar-refractivity contribution in [3.05, 3.63) is 63.9 Å². The summed E-state index contributed by atoms with van der Waals surface area (Å²) < 4.78 is 0. The van der Waals surface area contributed by atoms with Crippen LogP contribution < -0.4 is 0 Å². The van der Waals surface area contributed by atoms with Gasteiger partial charge in [0.2, 0.25) is 5.78 Å². The average molecular weight is 323 g/mol. The molecular formula is C14H9BrClNO. The van der Waals surface area contributed by atoms with Gasteiger partial charge in [-0.15, -0.1) is 0 Å². The first-order chi connectivity index (χ1) is 8.66. The van der Waals surface area contributed by atoms with Gasteiger partial charge in [0.1, 0.15) is 5.69 Å². The van der Waals surface area contributed by atoms with Crippen molar-refractivity contribution < 1.29 is 4.79 Å². The van der Waals surface area contributed by atoms with Gasteiger partial charge < -0.3 is 0 Å². The van der Waals surface area contributed by atoms with Gasteiger partial charge in [0, 0.05) is 21.6 Å². The van der Waals surface area contributed by atoms with Crippen LogP contribution in [-0.2, 0) is 6.42 Å². The Hall–Kier alpha value is -1.19. The van der Waals surface area contributed by atoms with Gasteiger partial charge in [0.05, 0.1) is 0 Å². The fraction of sp³-hybridized carbons (Fsp3) is 0.143. The normalized spacial score (nSPS) is 17.9. The summed E-state index contributed by atoms with van der Waals surface area (Å²) >= 11 is 9.62. The number of rotatable bonds is 0. The lowest BCUT2D eigenvalue weighted by Crippen LogP contribution is -2.06. The minimum Gasteiger partial charge on any atom is -0.287 e. The molecule has 1 aliphatic carbocycles. The van der Waals surface area contributed by atoms with Crippen molar-refractivity contribution in [2.24, 2.45) is 0 Å². The number of hydrogen-bond acceptors (Lipinski definition) is 2. The highest BCUT2D eigenvalue weighted by atomic mass is 79.9. The minimum absolute atomic E-state index is 0.0285. The van der Waals surface area contributed by atoms with E-state index in [-0.39, 0.29) is 10.6 Å². The molecule has 1 aliphatic rings. The lowest BCUT2D eigenvalue weighted by atomic mass is 10.0. The molecule has 2 aromatic rings. The zero-order valence-corrected chi connectivity index (χ0v) is 11.7. The van der Waals surface area contributed by atoms with E-state index in [0.717, 1.165) is 17.5 Å². The third-order valence-electron chi connectivity index (χ3n) is 3.10. The summed E-state index contributed by atoms with van der Waals surface area (Å²) in [6.07, 6.45) is 2.39. The van der Waals surface area contributed by atoms with Crippen molar-refractivity contribution in [1.29, 1.82) is 0 Å². The fourth-order valence-corrected chi connectivity index (χ4v) is 3.16. The summed E-state index contributed by atoms with van der Waals surface area (Å²) in [7, 11) is 0. The molecule has 1 aromatic carbocycles. The molecule has 0 amide bonds. The van der Waals surface area contributed by atoms with Crippen LogP contribution in [0.1, 0.15) is 32.0 Å². The van der Waals surface area contributed by atoms with Crippen molar-refractivity contribution in [2.75, 3.05) is 0 Å². The molecule has 18 heavy (non-hydrogen) atoms. The van der Waals surface area contributed by atoms with Crippen LogP contribution in [-0.4, -0.2) is 10.8 Å². The summed E-state index contributed by atoms with van der Waals surface area (Å²) in [5.74, 6) is -0.0285. The van der Waals surface area contributed by atoms with Crippen LogP contribution >= 0.6 is 27.5 Å². The molecule has 0 fully saturated rings.